The Labute approximate surface area is 303 Å². The van der Waals surface area contributed by atoms with Gasteiger partial charge in [-0.05, 0) is 83.1 Å². The Balaban J connectivity index is 1.06. The highest BCUT2D eigenvalue weighted by molar-refractivity contribution is 5.90. The molecular weight excluding hydrogens is 633 g/mol. The molecule has 4 heteroatoms. The van der Waals surface area contributed by atoms with E-state index in [-0.39, 0.29) is 5.92 Å². The summed E-state index contributed by atoms with van der Waals surface area (Å²) in [6.45, 7) is 0. The van der Waals surface area contributed by atoms with Crippen molar-refractivity contribution < 1.29 is 0 Å². The van der Waals surface area contributed by atoms with Gasteiger partial charge in [-0.2, -0.15) is 0 Å². The molecule has 7 aromatic carbocycles. The van der Waals surface area contributed by atoms with E-state index in [0.717, 1.165) is 51.3 Å². The smallest absolute Gasteiger partial charge is 0.0973 e. The molecular formula is C48H34N4. The van der Waals surface area contributed by atoms with Crippen molar-refractivity contribution in [1.29, 1.82) is 0 Å². The van der Waals surface area contributed by atoms with Gasteiger partial charge in [0.2, 0.25) is 0 Å². The van der Waals surface area contributed by atoms with Crippen LogP contribution in [-0.4, -0.2) is 9.97 Å². The van der Waals surface area contributed by atoms with Crippen molar-refractivity contribution in [3.05, 3.63) is 205 Å². The Morgan fingerprint density at radius 3 is 1.85 bits per heavy atom. The highest BCUT2D eigenvalue weighted by Gasteiger charge is 2.37. The quantitative estimate of drug-likeness (QED) is 0.177. The zero-order chi connectivity index (χ0) is 34.4. The van der Waals surface area contributed by atoms with Crippen LogP contribution in [0.3, 0.4) is 0 Å². The average Bonchev–Trinajstić information content (AvgIpc) is 3.55. The molecule has 10 rings (SSSR count). The van der Waals surface area contributed by atoms with Gasteiger partial charge in [0.15, 0.2) is 0 Å². The lowest BCUT2D eigenvalue weighted by Gasteiger charge is -2.33. The van der Waals surface area contributed by atoms with Crippen molar-refractivity contribution in [2.24, 2.45) is 0 Å². The second-order valence-electron chi connectivity index (χ2n) is 13.4. The molecule has 4 nitrogen and oxygen atoms in total. The second kappa shape index (κ2) is 12.5. The molecule has 0 bridgehead atoms. The number of anilines is 4. The van der Waals surface area contributed by atoms with Gasteiger partial charge >= 0.3 is 0 Å². The SMILES string of the molecule is C1=C(N(c2ccccc2)c2ccc(-c3nc4ccccc4nc3-c3ccccc3)cc2)CC2C(=C1)N(c1ccc3ccccc3c1)c1ccccc12. The minimum Gasteiger partial charge on any atom is -0.314 e. The molecule has 0 amide bonds. The number of hydrogen-bond acceptors (Lipinski definition) is 4. The third-order valence-electron chi connectivity index (χ3n) is 10.3. The van der Waals surface area contributed by atoms with E-state index in [0.29, 0.717) is 0 Å². The zero-order valence-electron chi connectivity index (χ0n) is 28.5. The molecule has 1 aliphatic carbocycles. The summed E-state index contributed by atoms with van der Waals surface area (Å²) >= 11 is 0. The highest BCUT2D eigenvalue weighted by Crippen LogP contribution is 2.53. The molecule has 0 N–H and O–H groups in total. The monoisotopic (exact) mass is 666 g/mol. The maximum atomic E-state index is 5.15. The van der Waals surface area contributed by atoms with Gasteiger partial charge in [-0.25, -0.2) is 9.97 Å². The lowest BCUT2D eigenvalue weighted by Crippen LogP contribution is -2.22. The van der Waals surface area contributed by atoms with Crippen molar-refractivity contribution in [3.8, 4) is 22.5 Å². The van der Waals surface area contributed by atoms with E-state index in [4.69, 9.17) is 9.97 Å². The molecule has 1 atom stereocenters. The lowest BCUT2D eigenvalue weighted by molar-refractivity contribution is 0.768. The van der Waals surface area contributed by atoms with Crippen LogP contribution in [0.1, 0.15) is 17.9 Å². The fourth-order valence-electron chi connectivity index (χ4n) is 7.90. The topological polar surface area (TPSA) is 32.3 Å². The Morgan fingerprint density at radius 2 is 1.10 bits per heavy atom. The molecule has 0 saturated carbocycles. The second-order valence-corrected chi connectivity index (χ2v) is 13.4. The van der Waals surface area contributed by atoms with Crippen molar-refractivity contribution in [2.75, 3.05) is 9.80 Å². The standard InChI is InChI=1S/C48H34N4/c1-3-14-34(15-4-1)47-48(50-44-21-11-10-20-43(44)49-47)35-24-26-38(27-25-35)51(37-17-5-2-6-18-37)40-29-30-46-42(32-40)41-19-9-12-22-45(41)52(46)39-28-23-33-13-7-8-16-36(33)31-39/h1-31,42H,32H2. The van der Waals surface area contributed by atoms with Crippen LogP contribution in [0, 0.1) is 0 Å². The van der Waals surface area contributed by atoms with Gasteiger partial charge in [0, 0.05) is 57.6 Å². The van der Waals surface area contributed by atoms with Crippen molar-refractivity contribution in [3.63, 3.8) is 0 Å². The molecule has 1 unspecified atom stereocenters. The van der Waals surface area contributed by atoms with E-state index >= 15 is 0 Å². The van der Waals surface area contributed by atoms with E-state index in [1.54, 1.807) is 0 Å². The molecule has 0 saturated heterocycles. The highest BCUT2D eigenvalue weighted by atomic mass is 15.2. The molecule has 1 aromatic heterocycles. The van der Waals surface area contributed by atoms with Crippen LogP contribution in [0.2, 0.25) is 0 Å². The largest absolute Gasteiger partial charge is 0.314 e. The first-order chi connectivity index (χ1) is 25.8. The zero-order valence-corrected chi connectivity index (χ0v) is 28.5. The summed E-state index contributed by atoms with van der Waals surface area (Å²) in [5.41, 5.74) is 14.2. The van der Waals surface area contributed by atoms with Crippen LogP contribution in [-0.2, 0) is 0 Å². The van der Waals surface area contributed by atoms with Crippen molar-refractivity contribution in [1.82, 2.24) is 9.97 Å². The van der Waals surface area contributed by atoms with Gasteiger partial charge in [0.1, 0.15) is 0 Å². The van der Waals surface area contributed by atoms with E-state index in [2.05, 4.69) is 168 Å². The summed E-state index contributed by atoms with van der Waals surface area (Å²) in [5, 5.41) is 2.50. The molecule has 0 radical (unpaired) electrons. The maximum absolute atomic E-state index is 5.15. The number of allylic oxidation sites excluding steroid dienone is 4. The number of fused-ring (bicyclic) bond motifs is 5. The molecule has 2 aliphatic rings. The maximum Gasteiger partial charge on any atom is 0.0973 e. The summed E-state index contributed by atoms with van der Waals surface area (Å²) in [6, 6.07) is 62.2. The number of aromatic nitrogens is 2. The molecule has 8 aromatic rings. The lowest BCUT2D eigenvalue weighted by atomic mass is 9.89. The summed E-state index contributed by atoms with van der Waals surface area (Å²) in [6.07, 6.45) is 5.52. The van der Waals surface area contributed by atoms with Gasteiger partial charge < -0.3 is 9.80 Å². The Kier molecular flexibility index (Phi) is 7.24. The predicted octanol–water partition coefficient (Wildman–Crippen LogP) is 12.4. The van der Waals surface area contributed by atoms with Gasteiger partial charge in [0.25, 0.3) is 0 Å². The number of para-hydroxylation sites is 4. The van der Waals surface area contributed by atoms with Crippen molar-refractivity contribution in [2.45, 2.75) is 12.3 Å². The molecule has 2 heterocycles. The molecule has 1 aliphatic heterocycles. The molecule has 52 heavy (non-hydrogen) atoms. The molecule has 246 valence electrons. The van der Waals surface area contributed by atoms with E-state index in [9.17, 15) is 0 Å². The Bertz CT molecular complexity index is 2660. The number of hydrogen-bond donors (Lipinski definition) is 0. The van der Waals surface area contributed by atoms with Crippen LogP contribution in [0.25, 0.3) is 44.3 Å². The Morgan fingerprint density at radius 1 is 0.500 bits per heavy atom. The summed E-state index contributed by atoms with van der Waals surface area (Å²) in [5.74, 6) is 0.231. The summed E-state index contributed by atoms with van der Waals surface area (Å²) in [7, 11) is 0. The van der Waals surface area contributed by atoms with E-state index in [1.807, 2.05) is 30.3 Å². The first-order valence-corrected chi connectivity index (χ1v) is 17.8. The normalized spacial score (nSPS) is 14.8. The van der Waals surface area contributed by atoms with Gasteiger partial charge in [-0.1, -0.05) is 121 Å². The fraction of sp³-hybridized carbons (Fsp3) is 0.0417. The minimum atomic E-state index is 0.231. The number of rotatable bonds is 6. The van der Waals surface area contributed by atoms with Gasteiger partial charge in [0.05, 0.1) is 22.4 Å². The minimum absolute atomic E-state index is 0.231. The molecule has 0 spiro atoms. The number of benzene rings is 7. The number of nitrogens with zero attached hydrogens (tertiary/aromatic N) is 4. The third-order valence-corrected chi connectivity index (χ3v) is 10.3. The summed E-state index contributed by atoms with van der Waals surface area (Å²) in [4.78, 5) is 15.1. The van der Waals surface area contributed by atoms with Crippen LogP contribution in [0.15, 0.2) is 199 Å². The predicted molar refractivity (Wildman–Crippen MR) is 215 cm³/mol. The van der Waals surface area contributed by atoms with Crippen molar-refractivity contribution >= 4 is 44.6 Å². The fourth-order valence-corrected chi connectivity index (χ4v) is 7.90. The van der Waals surface area contributed by atoms with Crippen LogP contribution in [0.4, 0.5) is 22.7 Å². The molecule has 0 fully saturated rings. The Hall–Kier alpha value is -6.78. The van der Waals surface area contributed by atoms with Crippen LogP contribution < -0.4 is 9.80 Å². The van der Waals surface area contributed by atoms with E-state index < -0.39 is 0 Å². The van der Waals surface area contributed by atoms with E-state index in [1.165, 1.54) is 39.1 Å². The van der Waals surface area contributed by atoms with Crippen LogP contribution >= 0.6 is 0 Å². The first-order valence-electron chi connectivity index (χ1n) is 17.8. The first kappa shape index (κ1) is 30.1. The third kappa shape index (κ3) is 5.16. The van der Waals surface area contributed by atoms with Crippen LogP contribution in [0.5, 0.6) is 0 Å². The average molecular weight is 667 g/mol. The van der Waals surface area contributed by atoms with Gasteiger partial charge in [-0.3, -0.25) is 0 Å². The summed E-state index contributed by atoms with van der Waals surface area (Å²) < 4.78 is 0. The van der Waals surface area contributed by atoms with Gasteiger partial charge in [-0.15, -0.1) is 0 Å².